The molecule has 1 unspecified atom stereocenters. The molecule has 1 heterocycles. The van der Waals surface area contributed by atoms with Crippen LogP contribution in [0.15, 0.2) is 24.3 Å². The minimum absolute atomic E-state index is 0.213. The zero-order valence-corrected chi connectivity index (χ0v) is 7.54. The van der Waals surface area contributed by atoms with E-state index in [1.54, 1.807) is 12.1 Å². The number of alkyl halides is 1. The molecule has 68 valence electrons. The number of benzene rings is 1. The van der Waals surface area contributed by atoms with E-state index < -0.39 is 5.38 Å². The van der Waals surface area contributed by atoms with Crippen LogP contribution >= 0.6 is 11.6 Å². The predicted octanol–water partition coefficient (Wildman–Crippen LogP) is 1.62. The topological polar surface area (TPSA) is 38.3 Å². The third-order valence-corrected chi connectivity index (χ3v) is 2.14. The number of fused-ring (bicyclic) bond motifs is 1. The second kappa shape index (κ2) is 3.26. The maximum absolute atomic E-state index is 11.3. The highest BCUT2D eigenvalue weighted by molar-refractivity contribution is 6.32. The van der Waals surface area contributed by atoms with Crippen LogP contribution in [0, 0.1) is 0 Å². The van der Waals surface area contributed by atoms with Gasteiger partial charge < -0.3 is 10.1 Å². The number of anilines is 1. The Hall–Kier alpha value is -1.22. The molecular formula is C9H8ClNO2. The van der Waals surface area contributed by atoms with Gasteiger partial charge in [-0.3, -0.25) is 4.79 Å². The summed E-state index contributed by atoms with van der Waals surface area (Å²) >= 11 is 5.72. The Morgan fingerprint density at radius 2 is 2.23 bits per heavy atom. The maximum atomic E-state index is 11.3. The molecule has 1 atom stereocenters. The summed E-state index contributed by atoms with van der Waals surface area (Å²) in [5.74, 6) is 0.450. The van der Waals surface area contributed by atoms with Crippen molar-refractivity contribution in [3.63, 3.8) is 0 Å². The van der Waals surface area contributed by atoms with E-state index >= 15 is 0 Å². The molecule has 13 heavy (non-hydrogen) atoms. The average Bonchev–Trinajstić information content (AvgIpc) is 2.28. The molecule has 1 N–H and O–H groups in total. The molecule has 3 nitrogen and oxygen atoms in total. The number of nitrogens with one attached hydrogen (secondary N) is 1. The van der Waals surface area contributed by atoms with Crippen LogP contribution < -0.4 is 10.1 Å². The quantitative estimate of drug-likeness (QED) is 0.642. The molecular weight excluding hydrogens is 190 g/mol. The zero-order chi connectivity index (χ0) is 9.26. The van der Waals surface area contributed by atoms with E-state index in [1.165, 1.54) is 0 Å². The van der Waals surface area contributed by atoms with Crippen LogP contribution in [0.2, 0.25) is 0 Å². The molecule has 1 amide bonds. The Labute approximate surface area is 80.6 Å². The molecule has 0 saturated heterocycles. The van der Waals surface area contributed by atoms with Crippen molar-refractivity contribution in [3.05, 3.63) is 24.3 Å². The third-order valence-electron chi connectivity index (χ3n) is 1.81. The van der Waals surface area contributed by atoms with Crippen LogP contribution in [0.1, 0.15) is 0 Å². The fourth-order valence-electron chi connectivity index (χ4n) is 1.15. The Morgan fingerprint density at radius 1 is 1.46 bits per heavy atom. The van der Waals surface area contributed by atoms with Gasteiger partial charge in [-0.05, 0) is 12.1 Å². The van der Waals surface area contributed by atoms with Gasteiger partial charge in [0, 0.05) is 0 Å². The van der Waals surface area contributed by atoms with Crippen molar-refractivity contribution in [3.8, 4) is 5.75 Å². The smallest absolute Gasteiger partial charge is 0.246 e. The van der Waals surface area contributed by atoms with Gasteiger partial charge in [0.05, 0.1) is 5.69 Å². The van der Waals surface area contributed by atoms with Crippen molar-refractivity contribution >= 4 is 23.2 Å². The predicted molar refractivity (Wildman–Crippen MR) is 50.2 cm³/mol. The van der Waals surface area contributed by atoms with Gasteiger partial charge in [0.25, 0.3) is 0 Å². The standard InChI is InChI=1S/C9H8ClNO2/c10-6-5-13-8-4-2-1-3-7(8)11-9(6)12/h1-4,6H,5H2,(H,11,12). The number of para-hydroxylation sites is 2. The number of amides is 1. The minimum Gasteiger partial charge on any atom is -0.489 e. The SMILES string of the molecule is O=C1Nc2ccccc2OCC1Cl. The van der Waals surface area contributed by atoms with Crippen LogP contribution in [0.25, 0.3) is 0 Å². The number of rotatable bonds is 0. The molecule has 1 aliphatic rings. The van der Waals surface area contributed by atoms with Crippen LogP contribution in [0.3, 0.4) is 0 Å². The molecule has 0 fully saturated rings. The van der Waals surface area contributed by atoms with E-state index in [2.05, 4.69) is 5.32 Å². The summed E-state index contributed by atoms with van der Waals surface area (Å²) in [6.07, 6.45) is 0. The van der Waals surface area contributed by atoms with Gasteiger partial charge in [0.1, 0.15) is 17.7 Å². The number of carbonyl (C=O) groups excluding carboxylic acids is 1. The van der Waals surface area contributed by atoms with Crippen LogP contribution in [-0.2, 0) is 4.79 Å². The van der Waals surface area contributed by atoms with Crippen LogP contribution in [-0.4, -0.2) is 17.9 Å². The lowest BCUT2D eigenvalue weighted by molar-refractivity contribution is -0.116. The van der Waals surface area contributed by atoms with Crippen LogP contribution in [0.4, 0.5) is 5.69 Å². The monoisotopic (exact) mass is 197 g/mol. The molecule has 0 aromatic heterocycles. The van der Waals surface area contributed by atoms with Crippen LogP contribution in [0.5, 0.6) is 5.75 Å². The van der Waals surface area contributed by atoms with Crippen molar-refractivity contribution < 1.29 is 9.53 Å². The fourth-order valence-corrected chi connectivity index (χ4v) is 1.26. The number of halogens is 1. The fraction of sp³-hybridized carbons (Fsp3) is 0.222. The lowest BCUT2D eigenvalue weighted by atomic mass is 10.3. The Morgan fingerprint density at radius 3 is 3.08 bits per heavy atom. The zero-order valence-electron chi connectivity index (χ0n) is 6.79. The first-order chi connectivity index (χ1) is 6.27. The molecule has 0 bridgehead atoms. The van der Waals surface area contributed by atoms with E-state index in [0.29, 0.717) is 11.4 Å². The van der Waals surface area contributed by atoms with Gasteiger partial charge in [-0.2, -0.15) is 0 Å². The van der Waals surface area contributed by atoms with Crippen molar-refractivity contribution in [2.24, 2.45) is 0 Å². The average molecular weight is 198 g/mol. The van der Waals surface area contributed by atoms with E-state index in [1.807, 2.05) is 12.1 Å². The van der Waals surface area contributed by atoms with Gasteiger partial charge in [0.15, 0.2) is 0 Å². The Kier molecular flexibility index (Phi) is 2.10. The highest BCUT2D eigenvalue weighted by Gasteiger charge is 2.21. The first kappa shape index (κ1) is 8.38. The number of ether oxygens (including phenoxy) is 1. The van der Waals surface area contributed by atoms with Gasteiger partial charge in [-0.1, -0.05) is 12.1 Å². The summed E-state index contributed by atoms with van der Waals surface area (Å²) in [4.78, 5) is 11.3. The van der Waals surface area contributed by atoms with E-state index in [9.17, 15) is 4.79 Å². The highest BCUT2D eigenvalue weighted by atomic mass is 35.5. The first-order valence-electron chi connectivity index (χ1n) is 3.94. The van der Waals surface area contributed by atoms with Crippen molar-refractivity contribution in [1.29, 1.82) is 0 Å². The van der Waals surface area contributed by atoms with Crippen molar-refractivity contribution in [2.45, 2.75) is 5.38 Å². The van der Waals surface area contributed by atoms with Gasteiger partial charge >= 0.3 is 0 Å². The maximum Gasteiger partial charge on any atom is 0.246 e. The summed E-state index contributed by atoms with van der Waals surface area (Å²) in [5, 5.41) is 2.06. The highest BCUT2D eigenvalue weighted by Crippen LogP contribution is 2.26. The summed E-state index contributed by atoms with van der Waals surface area (Å²) in [6, 6.07) is 7.25. The number of carbonyl (C=O) groups is 1. The third kappa shape index (κ3) is 1.60. The molecule has 0 spiro atoms. The second-order valence-corrected chi connectivity index (χ2v) is 3.29. The minimum atomic E-state index is -0.618. The largest absolute Gasteiger partial charge is 0.489 e. The summed E-state index contributed by atoms with van der Waals surface area (Å²) < 4.78 is 5.32. The molecule has 0 radical (unpaired) electrons. The summed E-state index contributed by atoms with van der Waals surface area (Å²) in [6.45, 7) is 0.213. The summed E-state index contributed by atoms with van der Waals surface area (Å²) in [5.41, 5.74) is 0.677. The van der Waals surface area contributed by atoms with Gasteiger partial charge in [0.2, 0.25) is 5.91 Å². The molecule has 1 aromatic rings. The number of hydrogen-bond donors (Lipinski definition) is 1. The molecule has 1 aliphatic heterocycles. The normalized spacial score (nSPS) is 21.0. The van der Waals surface area contributed by atoms with E-state index in [0.717, 1.165) is 0 Å². The van der Waals surface area contributed by atoms with E-state index in [-0.39, 0.29) is 12.5 Å². The summed E-state index contributed by atoms with van der Waals surface area (Å²) in [7, 11) is 0. The van der Waals surface area contributed by atoms with E-state index in [4.69, 9.17) is 16.3 Å². The first-order valence-corrected chi connectivity index (χ1v) is 4.38. The molecule has 1 aromatic carbocycles. The second-order valence-electron chi connectivity index (χ2n) is 2.76. The molecule has 0 aliphatic carbocycles. The molecule has 2 rings (SSSR count). The van der Waals surface area contributed by atoms with Gasteiger partial charge in [-0.15, -0.1) is 11.6 Å². The number of hydrogen-bond acceptors (Lipinski definition) is 2. The lowest BCUT2D eigenvalue weighted by Gasteiger charge is -2.04. The van der Waals surface area contributed by atoms with Crippen molar-refractivity contribution in [2.75, 3.05) is 11.9 Å². The lowest BCUT2D eigenvalue weighted by Crippen LogP contribution is -2.25. The Bertz CT molecular complexity index is 340. The van der Waals surface area contributed by atoms with Gasteiger partial charge in [-0.25, -0.2) is 0 Å². The molecule has 4 heteroatoms. The molecule has 0 saturated carbocycles. The Balaban J connectivity index is 2.35. The van der Waals surface area contributed by atoms with Crippen molar-refractivity contribution in [1.82, 2.24) is 0 Å².